The molecule has 0 radical (unpaired) electrons. The van der Waals surface area contributed by atoms with Crippen LogP contribution < -0.4 is 5.32 Å². The number of carbonyl (C=O) groups is 1. The topological polar surface area (TPSA) is 32.3 Å². The molecule has 0 aliphatic carbocycles. The first kappa shape index (κ1) is 17.2. The number of nitrogens with zero attached hydrogens (tertiary/aromatic N) is 1. The summed E-state index contributed by atoms with van der Waals surface area (Å²) in [5.74, 6) is 1.20. The number of thioether (sulfide) groups is 1. The standard InChI is InChI=1S/C14H16Cl2N2OS.ClH/c1-20-13-2-10(11(15)3-12(13)16)14(19)18-6-8-4-17-5-9(8)7-18;/h2-3,8-9,17H,4-7H2,1H3;1H/t8-,9+;. The highest BCUT2D eigenvalue weighted by Gasteiger charge is 2.38. The summed E-state index contributed by atoms with van der Waals surface area (Å²) >= 11 is 13.8. The third-order valence-electron chi connectivity index (χ3n) is 4.15. The SMILES string of the molecule is CSc1cc(C(=O)N2C[C@H]3CNC[C@H]3C2)c(Cl)cc1Cl.Cl. The molecule has 7 heteroatoms. The van der Waals surface area contributed by atoms with E-state index in [1.165, 1.54) is 11.8 Å². The molecule has 3 nitrogen and oxygen atoms in total. The minimum Gasteiger partial charge on any atom is -0.338 e. The lowest BCUT2D eigenvalue weighted by Gasteiger charge is -2.19. The Bertz CT molecular complexity index is 543. The first-order valence-electron chi connectivity index (χ1n) is 6.63. The normalized spacial score (nSPS) is 23.9. The van der Waals surface area contributed by atoms with E-state index in [1.807, 2.05) is 17.2 Å². The average Bonchev–Trinajstić information content (AvgIpc) is 2.99. The quantitative estimate of drug-likeness (QED) is 0.813. The molecule has 116 valence electrons. The van der Waals surface area contributed by atoms with Gasteiger partial charge in [-0.25, -0.2) is 0 Å². The molecular weight excluding hydrogens is 351 g/mol. The van der Waals surface area contributed by atoms with Crippen molar-refractivity contribution in [1.82, 2.24) is 10.2 Å². The van der Waals surface area contributed by atoms with Crippen molar-refractivity contribution < 1.29 is 4.79 Å². The summed E-state index contributed by atoms with van der Waals surface area (Å²) in [5.41, 5.74) is 0.563. The zero-order chi connectivity index (χ0) is 14.3. The summed E-state index contributed by atoms with van der Waals surface area (Å²) in [4.78, 5) is 15.5. The fraction of sp³-hybridized carbons (Fsp3) is 0.500. The van der Waals surface area contributed by atoms with E-state index in [4.69, 9.17) is 23.2 Å². The Morgan fingerprint density at radius 1 is 1.24 bits per heavy atom. The molecule has 1 N–H and O–H groups in total. The van der Waals surface area contributed by atoms with Gasteiger partial charge < -0.3 is 10.2 Å². The third kappa shape index (κ3) is 3.30. The van der Waals surface area contributed by atoms with Crippen molar-refractivity contribution in [3.8, 4) is 0 Å². The number of hydrogen-bond donors (Lipinski definition) is 1. The Morgan fingerprint density at radius 3 is 2.43 bits per heavy atom. The summed E-state index contributed by atoms with van der Waals surface area (Å²) in [5, 5.41) is 4.41. The van der Waals surface area contributed by atoms with Crippen molar-refractivity contribution in [3.63, 3.8) is 0 Å². The second kappa shape index (κ2) is 6.97. The van der Waals surface area contributed by atoms with Crippen LogP contribution in [0.3, 0.4) is 0 Å². The Morgan fingerprint density at radius 2 is 1.86 bits per heavy atom. The summed E-state index contributed by atoms with van der Waals surface area (Å²) in [6.45, 7) is 3.67. The molecule has 2 aliphatic rings. The molecule has 2 saturated heterocycles. The fourth-order valence-corrected chi connectivity index (χ4v) is 4.23. The van der Waals surface area contributed by atoms with E-state index >= 15 is 0 Å². The minimum atomic E-state index is 0. The number of carbonyl (C=O) groups excluding carboxylic acids is 1. The molecule has 1 aromatic rings. The van der Waals surface area contributed by atoms with Gasteiger partial charge in [0.25, 0.3) is 5.91 Å². The number of fused-ring (bicyclic) bond motifs is 1. The van der Waals surface area contributed by atoms with Gasteiger partial charge in [0.15, 0.2) is 0 Å². The monoisotopic (exact) mass is 366 g/mol. The van der Waals surface area contributed by atoms with Crippen molar-refractivity contribution in [3.05, 3.63) is 27.7 Å². The van der Waals surface area contributed by atoms with E-state index in [0.29, 0.717) is 27.4 Å². The maximum absolute atomic E-state index is 12.6. The predicted octanol–water partition coefficient (Wildman–Crippen LogP) is 3.43. The lowest BCUT2D eigenvalue weighted by molar-refractivity contribution is 0.0781. The molecule has 2 fully saturated rings. The van der Waals surface area contributed by atoms with E-state index in [1.54, 1.807) is 6.07 Å². The Balaban J connectivity index is 0.00000161. The van der Waals surface area contributed by atoms with Gasteiger partial charge in [-0.2, -0.15) is 0 Å². The van der Waals surface area contributed by atoms with Crippen LogP contribution in [0.5, 0.6) is 0 Å². The number of hydrogen-bond acceptors (Lipinski definition) is 3. The lowest BCUT2D eigenvalue weighted by atomic mass is 10.0. The average molecular weight is 368 g/mol. The molecule has 2 aliphatic heterocycles. The maximum Gasteiger partial charge on any atom is 0.255 e. The highest BCUT2D eigenvalue weighted by Crippen LogP contribution is 2.33. The second-order valence-corrected chi connectivity index (χ2v) is 7.02. The second-order valence-electron chi connectivity index (χ2n) is 5.36. The maximum atomic E-state index is 12.6. The lowest BCUT2D eigenvalue weighted by Crippen LogP contribution is -2.32. The molecule has 21 heavy (non-hydrogen) atoms. The van der Waals surface area contributed by atoms with E-state index in [0.717, 1.165) is 31.1 Å². The van der Waals surface area contributed by atoms with Crippen molar-refractivity contribution in [1.29, 1.82) is 0 Å². The largest absolute Gasteiger partial charge is 0.338 e. The van der Waals surface area contributed by atoms with Gasteiger partial charge in [-0.05, 0) is 30.2 Å². The molecule has 0 aromatic heterocycles. The number of halogens is 3. The van der Waals surface area contributed by atoms with Gasteiger partial charge in [-0.15, -0.1) is 24.2 Å². The third-order valence-corrected chi connectivity index (χ3v) is 5.66. The van der Waals surface area contributed by atoms with Crippen molar-refractivity contribution in [2.75, 3.05) is 32.4 Å². The molecule has 1 aromatic carbocycles. The molecule has 0 spiro atoms. The van der Waals surface area contributed by atoms with Crippen LogP contribution in [0.25, 0.3) is 0 Å². The van der Waals surface area contributed by atoms with Gasteiger partial charge in [0.2, 0.25) is 0 Å². The van der Waals surface area contributed by atoms with Crippen LogP contribution in [-0.4, -0.2) is 43.2 Å². The summed E-state index contributed by atoms with van der Waals surface area (Å²) in [7, 11) is 0. The zero-order valence-corrected chi connectivity index (χ0v) is 14.7. The van der Waals surface area contributed by atoms with Crippen molar-refractivity contribution in [2.24, 2.45) is 11.8 Å². The molecule has 1 amide bonds. The van der Waals surface area contributed by atoms with Crippen LogP contribution in [0.1, 0.15) is 10.4 Å². The number of likely N-dealkylation sites (tertiary alicyclic amines) is 1. The molecule has 2 atom stereocenters. The van der Waals surface area contributed by atoms with Crippen LogP contribution in [-0.2, 0) is 0 Å². The van der Waals surface area contributed by atoms with Crippen molar-refractivity contribution >= 4 is 53.3 Å². The molecule has 0 saturated carbocycles. The minimum absolute atomic E-state index is 0. The predicted molar refractivity (Wildman–Crippen MR) is 91.2 cm³/mol. The molecule has 0 bridgehead atoms. The van der Waals surface area contributed by atoms with Gasteiger partial charge in [0, 0.05) is 31.1 Å². The van der Waals surface area contributed by atoms with Crippen LogP contribution in [0.4, 0.5) is 0 Å². The fourth-order valence-electron chi connectivity index (χ4n) is 3.04. The molecule has 3 rings (SSSR count). The first-order valence-corrected chi connectivity index (χ1v) is 8.61. The Labute approximate surface area is 145 Å². The van der Waals surface area contributed by atoms with Gasteiger partial charge >= 0.3 is 0 Å². The van der Waals surface area contributed by atoms with Crippen LogP contribution in [0, 0.1) is 11.8 Å². The van der Waals surface area contributed by atoms with Gasteiger partial charge in [-0.3, -0.25) is 4.79 Å². The van der Waals surface area contributed by atoms with Crippen molar-refractivity contribution in [2.45, 2.75) is 4.90 Å². The van der Waals surface area contributed by atoms with Crippen LogP contribution in [0.2, 0.25) is 10.0 Å². The van der Waals surface area contributed by atoms with E-state index in [-0.39, 0.29) is 18.3 Å². The van der Waals surface area contributed by atoms with E-state index in [2.05, 4.69) is 5.32 Å². The molecule has 2 heterocycles. The number of nitrogens with one attached hydrogen (secondary N) is 1. The highest BCUT2D eigenvalue weighted by molar-refractivity contribution is 7.98. The summed E-state index contributed by atoms with van der Waals surface area (Å²) < 4.78 is 0. The number of rotatable bonds is 2. The summed E-state index contributed by atoms with van der Waals surface area (Å²) in [6.07, 6.45) is 1.94. The van der Waals surface area contributed by atoms with Crippen LogP contribution in [0.15, 0.2) is 17.0 Å². The van der Waals surface area contributed by atoms with Gasteiger partial charge in [0.1, 0.15) is 0 Å². The van der Waals surface area contributed by atoms with Gasteiger partial charge in [0.05, 0.1) is 15.6 Å². The number of amides is 1. The van der Waals surface area contributed by atoms with Crippen LogP contribution >= 0.6 is 47.4 Å². The highest BCUT2D eigenvalue weighted by atomic mass is 35.5. The first-order chi connectivity index (χ1) is 9.60. The van der Waals surface area contributed by atoms with E-state index in [9.17, 15) is 4.79 Å². The zero-order valence-electron chi connectivity index (χ0n) is 11.6. The Hall–Kier alpha value is -0.130. The molecular formula is C14H17Cl3N2OS. The Kier molecular flexibility index (Phi) is 5.71. The number of benzene rings is 1. The molecule has 0 unspecified atom stereocenters. The van der Waals surface area contributed by atoms with E-state index < -0.39 is 0 Å². The van der Waals surface area contributed by atoms with Gasteiger partial charge in [-0.1, -0.05) is 23.2 Å². The smallest absolute Gasteiger partial charge is 0.255 e. The summed E-state index contributed by atoms with van der Waals surface area (Å²) in [6, 6.07) is 3.48.